The number of aliphatic carboxylic acids is 1. The third-order valence-electron chi connectivity index (χ3n) is 8.81. The number of hydrogen-bond acceptors (Lipinski definition) is 15. The van der Waals surface area contributed by atoms with Gasteiger partial charge in [-0.3, -0.25) is 28.8 Å². The Bertz CT molecular complexity index is 1850. The van der Waals surface area contributed by atoms with Gasteiger partial charge >= 0.3 is 5.97 Å². The molecule has 0 aliphatic rings. The van der Waals surface area contributed by atoms with E-state index in [0.29, 0.717) is 33.2 Å². The number of carboxylic acids is 1. The molecule has 0 aromatic heterocycles. The first-order valence-electron chi connectivity index (χ1n) is 18.0. The van der Waals surface area contributed by atoms with Crippen molar-refractivity contribution in [3.05, 3.63) is 36.4 Å². The Kier molecular flexibility index (Phi) is 18.3. The van der Waals surface area contributed by atoms with E-state index in [1.165, 1.54) is 64.0 Å². The summed E-state index contributed by atoms with van der Waals surface area (Å²) in [6.45, 7) is -2.85. The number of nitrogens with one attached hydrogen (secondary N) is 5. The average Bonchev–Trinajstić information content (AvgIpc) is 3.28. The molecule has 0 radical (unpaired) electrons. The van der Waals surface area contributed by atoms with Gasteiger partial charge in [0.15, 0.2) is 56.6 Å². The Labute approximate surface area is 352 Å². The lowest BCUT2D eigenvalue weighted by molar-refractivity contribution is -0.137. The molecule has 0 unspecified atom stereocenters. The van der Waals surface area contributed by atoms with E-state index in [2.05, 4.69) is 26.6 Å². The smallest absolute Gasteiger partial charge is 0.322 e. The van der Waals surface area contributed by atoms with Crippen molar-refractivity contribution in [1.82, 2.24) is 26.6 Å². The number of hydrogen-bond donors (Lipinski definition) is 6. The molecule has 6 N–H and O–H groups in total. The minimum Gasteiger partial charge on any atom is -0.496 e. The van der Waals surface area contributed by atoms with E-state index in [9.17, 15) is 28.8 Å². The lowest BCUT2D eigenvalue weighted by atomic mass is 10.3. The van der Waals surface area contributed by atoms with Crippen molar-refractivity contribution in [2.75, 3.05) is 103 Å². The Morgan fingerprint density at radius 1 is 0.393 bits per heavy atom. The topological polar surface area (TPSA) is 266 Å². The second kappa shape index (κ2) is 23.0. The molecule has 332 valence electrons. The van der Waals surface area contributed by atoms with Crippen molar-refractivity contribution in [2.45, 2.75) is 0 Å². The van der Waals surface area contributed by atoms with Crippen molar-refractivity contribution in [2.24, 2.45) is 0 Å². The minimum absolute atomic E-state index is 0.232. The standard InChI is InChI=1S/C39H50N5O16P/c1-52-22-10-25(55-4)37(26(11-22)56-5)61(38-27(57-6)12-23(53-2)13-28(38)58-7,39-29(59-8)14-24(54-3)15-30(39)60-9)21-35(49)43-19-33(47)41-17-31(45)40-16-32(46)42-18-34(48)44-20-36(50)51/h10-15H,16-21H2,1-9H3,(H5-,40,41,42,43,44,45,46,47,48,49,50,51)/p+1. The van der Waals surface area contributed by atoms with Gasteiger partial charge in [0.2, 0.25) is 23.6 Å². The van der Waals surface area contributed by atoms with Crippen molar-refractivity contribution in [3.8, 4) is 51.7 Å². The summed E-state index contributed by atoms with van der Waals surface area (Å²) < 4.78 is 52.9. The van der Waals surface area contributed by atoms with E-state index >= 15 is 0 Å². The first-order chi connectivity index (χ1) is 29.2. The van der Waals surface area contributed by atoms with Gasteiger partial charge in [-0.05, 0) is 0 Å². The number of carbonyl (C=O) groups excluding carboxylic acids is 5. The van der Waals surface area contributed by atoms with Crippen LogP contribution in [0.4, 0.5) is 0 Å². The number of carbonyl (C=O) groups is 6. The van der Waals surface area contributed by atoms with Crippen LogP contribution in [-0.2, 0) is 28.8 Å². The maximum absolute atomic E-state index is 14.6. The molecule has 3 aromatic carbocycles. The Balaban J connectivity index is 2.13. The van der Waals surface area contributed by atoms with E-state index < -0.39 is 81.7 Å². The molecule has 0 fully saturated rings. The molecule has 22 heteroatoms. The summed E-state index contributed by atoms with van der Waals surface area (Å²) in [6.07, 6.45) is -0.429. The number of methoxy groups -OCH3 is 9. The van der Waals surface area contributed by atoms with Gasteiger partial charge in [-0.25, -0.2) is 0 Å². The third-order valence-corrected chi connectivity index (χ3v) is 13.2. The van der Waals surface area contributed by atoms with Crippen LogP contribution in [0.25, 0.3) is 0 Å². The van der Waals surface area contributed by atoms with Crippen molar-refractivity contribution in [3.63, 3.8) is 0 Å². The average molecular weight is 877 g/mol. The summed E-state index contributed by atoms with van der Waals surface area (Å²) in [5, 5.41) is 21.3. The lowest BCUT2D eigenvalue weighted by Crippen LogP contribution is -2.46. The fourth-order valence-electron chi connectivity index (χ4n) is 6.07. The molecule has 0 aliphatic heterocycles. The SMILES string of the molecule is COc1cc(OC)c([P+](CC(=O)NCC(=O)NCC(=O)NCC(=O)NCC(=O)NCC(=O)O)(c2c(OC)cc(OC)cc2OC)c2c(OC)cc(OC)cc2OC)c(OC)c1. The van der Waals surface area contributed by atoms with Crippen molar-refractivity contribution >= 4 is 58.7 Å². The van der Waals surface area contributed by atoms with Gasteiger partial charge in [0.1, 0.15) is 31.1 Å². The maximum Gasteiger partial charge on any atom is 0.322 e. The van der Waals surface area contributed by atoms with E-state index in [0.717, 1.165) is 0 Å². The highest BCUT2D eigenvalue weighted by Gasteiger charge is 2.59. The molecule has 0 saturated carbocycles. The molecular formula is C39H51N5O16P+. The zero-order valence-corrected chi connectivity index (χ0v) is 36.1. The first-order valence-corrected chi connectivity index (χ1v) is 20.0. The number of carboxylic acid groups (broad SMARTS) is 1. The Hall–Kier alpha value is -6.89. The van der Waals surface area contributed by atoms with Crippen LogP contribution in [0.2, 0.25) is 0 Å². The minimum atomic E-state index is -3.77. The molecule has 0 saturated heterocycles. The molecule has 0 aliphatic carbocycles. The predicted molar refractivity (Wildman–Crippen MR) is 222 cm³/mol. The summed E-state index contributed by atoms with van der Waals surface area (Å²) in [7, 11) is 9.27. The van der Waals surface area contributed by atoms with E-state index in [1.807, 2.05) is 0 Å². The quantitative estimate of drug-likeness (QED) is 0.0573. The molecule has 0 atom stereocenters. The van der Waals surface area contributed by atoms with Gasteiger partial charge < -0.3 is 74.3 Å². The van der Waals surface area contributed by atoms with Gasteiger partial charge in [-0.1, -0.05) is 0 Å². The van der Waals surface area contributed by atoms with Crippen LogP contribution in [0.1, 0.15) is 0 Å². The van der Waals surface area contributed by atoms with E-state index in [-0.39, 0.29) is 34.5 Å². The van der Waals surface area contributed by atoms with Crippen LogP contribution >= 0.6 is 7.26 Å². The van der Waals surface area contributed by atoms with Gasteiger partial charge in [0.05, 0.1) is 90.2 Å². The van der Waals surface area contributed by atoms with Crippen molar-refractivity contribution in [1.29, 1.82) is 0 Å². The van der Waals surface area contributed by atoms with E-state index in [1.54, 1.807) is 36.4 Å². The number of ether oxygens (including phenoxy) is 9. The second-order valence-corrected chi connectivity index (χ2v) is 15.7. The van der Waals surface area contributed by atoms with E-state index in [4.69, 9.17) is 47.7 Å². The maximum atomic E-state index is 14.6. The molecule has 0 heterocycles. The molecule has 5 amide bonds. The molecule has 61 heavy (non-hydrogen) atoms. The van der Waals surface area contributed by atoms with Crippen LogP contribution in [0.3, 0.4) is 0 Å². The fourth-order valence-corrected chi connectivity index (χ4v) is 11.0. The fraction of sp³-hybridized carbons (Fsp3) is 0.385. The summed E-state index contributed by atoms with van der Waals surface area (Å²) in [5.41, 5.74) is 0. The molecule has 3 rings (SSSR count). The zero-order chi connectivity index (χ0) is 45.3. The summed E-state index contributed by atoms with van der Waals surface area (Å²) in [6, 6.07) is 9.73. The van der Waals surface area contributed by atoms with Gasteiger partial charge in [0, 0.05) is 36.4 Å². The third kappa shape index (κ3) is 12.1. The Morgan fingerprint density at radius 2 is 0.623 bits per heavy atom. The van der Waals surface area contributed by atoms with Crippen molar-refractivity contribution < 1.29 is 76.5 Å². The molecule has 3 aromatic rings. The van der Waals surface area contributed by atoms with Crippen LogP contribution in [0.5, 0.6) is 51.7 Å². The predicted octanol–water partition coefficient (Wildman–Crippen LogP) is -1.28. The number of benzene rings is 3. The highest BCUT2D eigenvalue weighted by Crippen LogP contribution is 2.66. The number of rotatable bonds is 24. The molecule has 0 bridgehead atoms. The highest BCUT2D eigenvalue weighted by atomic mass is 31.2. The summed E-state index contributed by atoms with van der Waals surface area (Å²) >= 11 is 0. The van der Waals surface area contributed by atoms with Crippen LogP contribution in [0, 0.1) is 0 Å². The lowest BCUT2D eigenvalue weighted by Gasteiger charge is -2.33. The zero-order valence-electron chi connectivity index (χ0n) is 35.2. The first kappa shape index (κ1) is 48.5. The Morgan fingerprint density at radius 3 is 0.836 bits per heavy atom. The van der Waals surface area contributed by atoms with Gasteiger partial charge in [-0.2, -0.15) is 0 Å². The van der Waals surface area contributed by atoms with Gasteiger partial charge in [0.25, 0.3) is 5.91 Å². The van der Waals surface area contributed by atoms with Gasteiger partial charge in [-0.15, -0.1) is 0 Å². The molecule has 21 nitrogen and oxygen atoms in total. The normalized spacial score (nSPS) is 10.6. The number of amides is 5. The summed E-state index contributed by atoms with van der Waals surface area (Å²) in [5.74, 6) is -2.45. The van der Waals surface area contributed by atoms with Crippen LogP contribution in [0.15, 0.2) is 36.4 Å². The monoisotopic (exact) mass is 876 g/mol. The summed E-state index contributed by atoms with van der Waals surface area (Å²) in [4.78, 5) is 74.3. The second-order valence-electron chi connectivity index (χ2n) is 12.4. The molecular weight excluding hydrogens is 825 g/mol. The van der Waals surface area contributed by atoms with Crippen LogP contribution in [-0.4, -0.2) is 143 Å². The largest absolute Gasteiger partial charge is 0.496 e. The molecule has 0 spiro atoms. The highest BCUT2D eigenvalue weighted by molar-refractivity contribution is 7.97. The van der Waals surface area contributed by atoms with Crippen LogP contribution < -0.4 is 85.1 Å².